The summed E-state index contributed by atoms with van der Waals surface area (Å²) in [7, 11) is 2.23. The Morgan fingerprint density at radius 3 is 3.13 bits per heavy atom. The fourth-order valence-electron chi connectivity index (χ4n) is 2.16. The second kappa shape index (κ2) is 5.10. The number of hydrogen-bond acceptors (Lipinski definition) is 3. The van der Waals surface area contributed by atoms with E-state index in [0.29, 0.717) is 12.1 Å². The molecule has 0 amide bonds. The summed E-state index contributed by atoms with van der Waals surface area (Å²) in [6, 6.07) is 5.62. The number of likely N-dealkylation sites (N-methyl/N-ethyl adjacent to an activating group) is 1. The Kier molecular flexibility index (Phi) is 3.78. The highest BCUT2D eigenvalue weighted by Crippen LogP contribution is 2.23. The molecule has 0 bridgehead atoms. The highest BCUT2D eigenvalue weighted by atomic mass is 32.1. The summed E-state index contributed by atoms with van der Waals surface area (Å²) in [5.74, 6) is 0. The molecule has 0 radical (unpaired) electrons. The Labute approximate surface area is 96.3 Å². The monoisotopic (exact) mass is 224 g/mol. The van der Waals surface area contributed by atoms with Crippen molar-refractivity contribution >= 4 is 11.3 Å². The maximum Gasteiger partial charge on any atom is 0.0410 e. The molecule has 1 saturated heterocycles. The molecule has 84 valence electrons. The van der Waals surface area contributed by atoms with E-state index in [2.05, 4.69) is 41.7 Å². The molecular formula is C12H20N2S. The fourth-order valence-corrected chi connectivity index (χ4v) is 3.01. The molecular weight excluding hydrogens is 204 g/mol. The molecule has 2 rings (SSSR count). The maximum absolute atomic E-state index is 3.55. The first-order chi connectivity index (χ1) is 7.27. The average molecular weight is 224 g/mol. The lowest BCUT2D eigenvalue weighted by Crippen LogP contribution is -2.36. The molecule has 1 N–H and O–H groups in total. The maximum atomic E-state index is 3.55. The predicted molar refractivity (Wildman–Crippen MR) is 66.4 cm³/mol. The Balaban J connectivity index is 1.87. The molecule has 1 aliphatic heterocycles. The van der Waals surface area contributed by atoms with Gasteiger partial charge >= 0.3 is 0 Å². The van der Waals surface area contributed by atoms with Crippen LogP contribution in [-0.2, 0) is 0 Å². The molecule has 1 aliphatic rings. The molecule has 2 heterocycles. The number of hydrogen-bond donors (Lipinski definition) is 1. The third-order valence-corrected chi connectivity index (χ3v) is 4.33. The largest absolute Gasteiger partial charge is 0.313 e. The van der Waals surface area contributed by atoms with Gasteiger partial charge in [-0.25, -0.2) is 0 Å². The van der Waals surface area contributed by atoms with Crippen LogP contribution in [0.25, 0.3) is 0 Å². The van der Waals surface area contributed by atoms with Crippen molar-refractivity contribution in [2.45, 2.75) is 31.8 Å². The summed E-state index contributed by atoms with van der Waals surface area (Å²) in [4.78, 5) is 3.92. The Hall–Kier alpha value is -0.380. The molecule has 15 heavy (non-hydrogen) atoms. The van der Waals surface area contributed by atoms with Gasteiger partial charge in [0.1, 0.15) is 0 Å². The van der Waals surface area contributed by atoms with Gasteiger partial charge in [-0.3, -0.25) is 4.90 Å². The first-order valence-electron chi connectivity index (χ1n) is 5.74. The van der Waals surface area contributed by atoms with Gasteiger partial charge in [0.25, 0.3) is 0 Å². The highest BCUT2D eigenvalue weighted by molar-refractivity contribution is 7.10. The van der Waals surface area contributed by atoms with Crippen molar-refractivity contribution in [1.29, 1.82) is 0 Å². The van der Waals surface area contributed by atoms with Gasteiger partial charge in [-0.1, -0.05) is 6.07 Å². The Bertz CT molecular complexity index is 278. The Morgan fingerprint density at radius 2 is 2.53 bits per heavy atom. The van der Waals surface area contributed by atoms with E-state index in [9.17, 15) is 0 Å². The van der Waals surface area contributed by atoms with Crippen LogP contribution >= 0.6 is 11.3 Å². The summed E-state index contributed by atoms with van der Waals surface area (Å²) in [5, 5.41) is 5.71. The van der Waals surface area contributed by atoms with E-state index in [-0.39, 0.29) is 0 Å². The lowest BCUT2D eigenvalue weighted by Gasteiger charge is -2.26. The van der Waals surface area contributed by atoms with Crippen LogP contribution in [0.15, 0.2) is 17.5 Å². The van der Waals surface area contributed by atoms with Gasteiger partial charge in [0.05, 0.1) is 0 Å². The van der Waals surface area contributed by atoms with Crippen molar-refractivity contribution in [3.8, 4) is 0 Å². The zero-order valence-corrected chi connectivity index (χ0v) is 10.4. The number of nitrogens with zero attached hydrogens (tertiary/aromatic N) is 1. The zero-order chi connectivity index (χ0) is 10.7. The minimum atomic E-state index is 0.549. The molecule has 0 spiro atoms. The SMILES string of the molecule is C[C@@H](c1cccs1)N(C)C[C@@H]1CCCN1. The summed E-state index contributed by atoms with van der Waals surface area (Å²) in [5.41, 5.74) is 0. The van der Waals surface area contributed by atoms with Gasteiger partial charge in [-0.15, -0.1) is 11.3 Å². The van der Waals surface area contributed by atoms with Crippen LogP contribution in [0, 0.1) is 0 Å². The van der Waals surface area contributed by atoms with Crippen molar-refractivity contribution in [2.75, 3.05) is 20.1 Å². The van der Waals surface area contributed by atoms with Crippen molar-refractivity contribution in [1.82, 2.24) is 10.2 Å². The summed E-state index contributed by atoms with van der Waals surface area (Å²) in [6.45, 7) is 4.66. The first kappa shape index (κ1) is 11.1. The topological polar surface area (TPSA) is 15.3 Å². The average Bonchev–Trinajstić information content (AvgIpc) is 2.88. The minimum absolute atomic E-state index is 0.549. The van der Waals surface area contributed by atoms with Gasteiger partial charge in [0, 0.05) is 23.5 Å². The van der Waals surface area contributed by atoms with Crippen LogP contribution in [0.2, 0.25) is 0 Å². The number of rotatable bonds is 4. The summed E-state index contributed by atoms with van der Waals surface area (Å²) >= 11 is 1.86. The predicted octanol–water partition coefficient (Wildman–Crippen LogP) is 2.49. The minimum Gasteiger partial charge on any atom is -0.313 e. The van der Waals surface area contributed by atoms with Gasteiger partial charge in [0.15, 0.2) is 0 Å². The lowest BCUT2D eigenvalue weighted by atomic mass is 10.2. The summed E-state index contributed by atoms with van der Waals surface area (Å²) in [6.07, 6.45) is 2.67. The molecule has 1 aromatic rings. The van der Waals surface area contributed by atoms with Crippen molar-refractivity contribution in [3.05, 3.63) is 22.4 Å². The number of nitrogens with one attached hydrogen (secondary N) is 1. The van der Waals surface area contributed by atoms with Crippen molar-refractivity contribution in [2.24, 2.45) is 0 Å². The molecule has 3 heteroatoms. The van der Waals surface area contributed by atoms with E-state index >= 15 is 0 Å². The third kappa shape index (κ3) is 2.80. The van der Waals surface area contributed by atoms with E-state index in [0.717, 1.165) is 0 Å². The normalized spacial score (nSPS) is 23.5. The smallest absolute Gasteiger partial charge is 0.0410 e. The van der Waals surface area contributed by atoms with Gasteiger partial charge in [-0.05, 0) is 44.8 Å². The molecule has 1 aromatic heterocycles. The zero-order valence-electron chi connectivity index (χ0n) is 9.57. The van der Waals surface area contributed by atoms with Gasteiger partial charge in [-0.2, -0.15) is 0 Å². The van der Waals surface area contributed by atoms with Crippen LogP contribution in [0.1, 0.15) is 30.7 Å². The molecule has 2 atom stereocenters. The van der Waals surface area contributed by atoms with E-state index in [1.165, 1.54) is 30.8 Å². The van der Waals surface area contributed by atoms with E-state index in [1.807, 2.05) is 11.3 Å². The third-order valence-electron chi connectivity index (χ3n) is 3.29. The molecule has 1 fully saturated rings. The van der Waals surface area contributed by atoms with Crippen molar-refractivity contribution < 1.29 is 0 Å². The van der Waals surface area contributed by atoms with Crippen LogP contribution in [-0.4, -0.2) is 31.1 Å². The highest BCUT2D eigenvalue weighted by Gasteiger charge is 2.19. The van der Waals surface area contributed by atoms with Gasteiger partial charge < -0.3 is 5.32 Å². The van der Waals surface area contributed by atoms with Crippen molar-refractivity contribution in [3.63, 3.8) is 0 Å². The number of thiophene rings is 1. The fraction of sp³-hybridized carbons (Fsp3) is 0.667. The van der Waals surface area contributed by atoms with Crippen LogP contribution in [0.4, 0.5) is 0 Å². The van der Waals surface area contributed by atoms with Crippen LogP contribution < -0.4 is 5.32 Å². The summed E-state index contributed by atoms with van der Waals surface area (Å²) < 4.78 is 0. The molecule has 2 nitrogen and oxygen atoms in total. The quantitative estimate of drug-likeness (QED) is 0.845. The standard InChI is InChI=1S/C12H20N2S/c1-10(12-6-4-8-15-12)14(2)9-11-5-3-7-13-11/h4,6,8,10-11,13H,3,5,7,9H2,1-2H3/t10-,11-/m0/s1. The van der Waals surface area contributed by atoms with E-state index in [4.69, 9.17) is 0 Å². The second-order valence-electron chi connectivity index (χ2n) is 4.42. The van der Waals surface area contributed by atoms with Gasteiger partial charge in [0.2, 0.25) is 0 Å². The lowest BCUT2D eigenvalue weighted by molar-refractivity contribution is 0.241. The van der Waals surface area contributed by atoms with Crippen LogP contribution in [0.3, 0.4) is 0 Å². The molecule has 0 aliphatic carbocycles. The van der Waals surface area contributed by atoms with Crippen LogP contribution in [0.5, 0.6) is 0 Å². The molecule has 0 aromatic carbocycles. The molecule has 0 unspecified atom stereocenters. The Morgan fingerprint density at radius 1 is 1.67 bits per heavy atom. The first-order valence-corrected chi connectivity index (χ1v) is 6.62. The van der Waals surface area contributed by atoms with E-state index in [1.54, 1.807) is 0 Å². The molecule has 0 saturated carbocycles. The second-order valence-corrected chi connectivity index (χ2v) is 5.40. The van der Waals surface area contributed by atoms with E-state index < -0.39 is 0 Å².